The van der Waals surface area contributed by atoms with E-state index in [0.717, 1.165) is 0 Å². The molecule has 70 valence electrons. The van der Waals surface area contributed by atoms with Crippen molar-refractivity contribution >= 4 is 23.5 Å². The van der Waals surface area contributed by atoms with Gasteiger partial charge in [-0.15, -0.1) is 0 Å². The Kier molecular flexibility index (Phi) is 2.97. The number of hydrogen-bond acceptors (Lipinski definition) is 5. The average Bonchev–Trinajstić information content (AvgIpc) is 2.04. The molecule has 0 aliphatic rings. The molecule has 0 fully saturated rings. The zero-order valence-corrected chi connectivity index (χ0v) is 7.49. The lowest BCUT2D eigenvalue weighted by Crippen LogP contribution is -2.26. The monoisotopic (exact) mass is 202 g/mol. The molecule has 1 rings (SSSR count). The average molecular weight is 203 g/mol. The Morgan fingerprint density at radius 2 is 2.38 bits per heavy atom. The van der Waals surface area contributed by atoms with Crippen LogP contribution in [0.15, 0.2) is 6.33 Å². The van der Waals surface area contributed by atoms with Crippen molar-refractivity contribution in [1.82, 2.24) is 15.0 Å². The Labute approximate surface area is 79.0 Å². The predicted molar refractivity (Wildman–Crippen MR) is 45.6 cm³/mol. The Bertz CT molecular complexity index is 319. The van der Waals surface area contributed by atoms with Crippen molar-refractivity contribution in [3.8, 4) is 0 Å². The normalized spacial score (nSPS) is 12.2. The summed E-state index contributed by atoms with van der Waals surface area (Å²) < 4.78 is 0. The number of rotatable bonds is 3. The minimum absolute atomic E-state index is 0.0232. The van der Waals surface area contributed by atoms with Gasteiger partial charge >= 0.3 is 5.97 Å². The zero-order valence-electron chi connectivity index (χ0n) is 6.73. The van der Waals surface area contributed by atoms with Crippen molar-refractivity contribution < 1.29 is 9.90 Å². The minimum atomic E-state index is -0.989. The molecule has 6 nitrogen and oxygen atoms in total. The Balaban J connectivity index is 2.69. The zero-order chi connectivity index (χ0) is 9.84. The number of anilines is 1. The van der Waals surface area contributed by atoms with Gasteiger partial charge in [-0.3, -0.25) is 4.79 Å². The summed E-state index contributed by atoms with van der Waals surface area (Å²) >= 11 is 5.46. The van der Waals surface area contributed by atoms with Crippen molar-refractivity contribution in [1.29, 1.82) is 0 Å². The lowest BCUT2D eigenvalue weighted by molar-refractivity contribution is -0.137. The van der Waals surface area contributed by atoms with Crippen molar-refractivity contribution in [3.05, 3.63) is 11.6 Å². The second-order valence-corrected chi connectivity index (χ2v) is 2.62. The molecule has 0 unspecified atom stereocenters. The van der Waals surface area contributed by atoms with E-state index in [2.05, 4.69) is 20.3 Å². The second-order valence-electron chi connectivity index (χ2n) is 2.28. The Morgan fingerprint density at radius 3 is 2.92 bits per heavy atom. The number of aliphatic carboxylic acids is 1. The van der Waals surface area contributed by atoms with Crippen LogP contribution in [-0.4, -0.2) is 32.1 Å². The summed E-state index contributed by atoms with van der Waals surface area (Å²) in [6.07, 6.45) is 1.20. The van der Waals surface area contributed by atoms with Gasteiger partial charge in [0.2, 0.25) is 11.2 Å². The second kappa shape index (κ2) is 3.99. The molecular weight excluding hydrogens is 196 g/mol. The Hall–Kier alpha value is -1.43. The summed E-state index contributed by atoms with van der Waals surface area (Å²) in [7, 11) is 0. The summed E-state index contributed by atoms with van der Waals surface area (Å²) in [5, 5.41) is 11.1. The highest BCUT2D eigenvalue weighted by molar-refractivity contribution is 6.28. The third-order valence-electron chi connectivity index (χ3n) is 1.26. The molecule has 0 spiro atoms. The van der Waals surface area contributed by atoms with Crippen molar-refractivity contribution in [2.45, 2.75) is 13.0 Å². The molecule has 0 saturated heterocycles. The molecule has 0 saturated carbocycles. The summed E-state index contributed by atoms with van der Waals surface area (Å²) in [4.78, 5) is 21.3. The smallest absolute Gasteiger partial charge is 0.325 e. The number of nitrogens with zero attached hydrogens (tertiary/aromatic N) is 3. The van der Waals surface area contributed by atoms with Crippen LogP contribution < -0.4 is 5.32 Å². The fourth-order valence-corrected chi connectivity index (χ4v) is 0.725. The van der Waals surface area contributed by atoms with E-state index in [9.17, 15) is 4.79 Å². The van der Waals surface area contributed by atoms with E-state index >= 15 is 0 Å². The number of nitrogens with one attached hydrogen (secondary N) is 1. The van der Waals surface area contributed by atoms with Crippen LogP contribution in [0, 0.1) is 0 Å². The standard InChI is InChI=1S/C6H7ClN4O2/c1-3(4(12)13)10-6-9-2-8-5(7)11-6/h2-3H,1H3,(H,12,13)(H,8,9,10,11)/t3-/m0/s1. The first-order valence-electron chi connectivity index (χ1n) is 3.43. The number of hydrogen-bond donors (Lipinski definition) is 2. The Morgan fingerprint density at radius 1 is 1.69 bits per heavy atom. The summed E-state index contributed by atoms with van der Waals surface area (Å²) in [6, 6.07) is -0.765. The van der Waals surface area contributed by atoms with E-state index < -0.39 is 12.0 Å². The minimum Gasteiger partial charge on any atom is -0.480 e. The SMILES string of the molecule is C[C@H](Nc1ncnc(Cl)n1)C(=O)O. The van der Waals surface area contributed by atoms with Crippen molar-refractivity contribution in [3.63, 3.8) is 0 Å². The fourth-order valence-electron chi connectivity index (χ4n) is 0.601. The number of carboxylic acid groups (broad SMARTS) is 1. The highest BCUT2D eigenvalue weighted by Gasteiger charge is 2.11. The molecule has 0 bridgehead atoms. The first kappa shape index (κ1) is 9.66. The van der Waals surface area contributed by atoms with Crippen LogP contribution in [-0.2, 0) is 4.79 Å². The van der Waals surface area contributed by atoms with E-state index in [1.165, 1.54) is 13.3 Å². The van der Waals surface area contributed by atoms with E-state index in [1.807, 2.05) is 0 Å². The highest BCUT2D eigenvalue weighted by Crippen LogP contribution is 2.03. The molecule has 7 heteroatoms. The van der Waals surface area contributed by atoms with Gasteiger partial charge < -0.3 is 10.4 Å². The van der Waals surface area contributed by atoms with Gasteiger partial charge in [-0.05, 0) is 18.5 Å². The van der Waals surface area contributed by atoms with Crippen LogP contribution in [0.1, 0.15) is 6.92 Å². The van der Waals surface area contributed by atoms with Crippen LogP contribution >= 0.6 is 11.6 Å². The van der Waals surface area contributed by atoms with Gasteiger partial charge in [0.1, 0.15) is 12.4 Å². The van der Waals surface area contributed by atoms with Crippen LogP contribution in [0.3, 0.4) is 0 Å². The molecule has 0 aromatic carbocycles. The quantitative estimate of drug-likeness (QED) is 0.738. The first-order chi connectivity index (χ1) is 6.09. The van der Waals surface area contributed by atoms with Crippen molar-refractivity contribution in [2.24, 2.45) is 0 Å². The molecule has 1 atom stereocenters. The van der Waals surface area contributed by atoms with Crippen LogP contribution in [0.5, 0.6) is 0 Å². The fraction of sp³-hybridized carbons (Fsp3) is 0.333. The van der Waals surface area contributed by atoms with Crippen LogP contribution in [0.2, 0.25) is 5.28 Å². The van der Waals surface area contributed by atoms with Gasteiger partial charge in [0, 0.05) is 0 Å². The van der Waals surface area contributed by atoms with Gasteiger partial charge in [0.05, 0.1) is 0 Å². The number of aromatic nitrogens is 3. The molecule has 0 amide bonds. The van der Waals surface area contributed by atoms with Crippen LogP contribution in [0.4, 0.5) is 5.95 Å². The van der Waals surface area contributed by atoms with E-state index in [1.54, 1.807) is 0 Å². The number of halogens is 1. The van der Waals surface area contributed by atoms with Gasteiger partial charge in [0.15, 0.2) is 0 Å². The molecular formula is C6H7ClN4O2. The molecule has 0 aliphatic carbocycles. The summed E-state index contributed by atoms with van der Waals surface area (Å²) in [5.74, 6) is -0.841. The maximum atomic E-state index is 10.4. The lowest BCUT2D eigenvalue weighted by atomic mass is 10.3. The largest absolute Gasteiger partial charge is 0.480 e. The van der Waals surface area contributed by atoms with E-state index in [4.69, 9.17) is 16.7 Å². The van der Waals surface area contributed by atoms with E-state index in [-0.39, 0.29) is 11.2 Å². The highest BCUT2D eigenvalue weighted by atomic mass is 35.5. The molecule has 1 heterocycles. The third-order valence-corrected chi connectivity index (χ3v) is 1.44. The molecule has 1 aromatic rings. The summed E-state index contributed by atoms with van der Waals surface area (Å²) in [6.45, 7) is 1.47. The predicted octanol–water partition coefficient (Wildman–Crippen LogP) is 0.410. The third kappa shape index (κ3) is 2.83. The first-order valence-corrected chi connectivity index (χ1v) is 3.81. The molecule has 2 N–H and O–H groups in total. The summed E-state index contributed by atoms with van der Waals surface area (Å²) in [5.41, 5.74) is 0. The molecule has 1 aromatic heterocycles. The molecule has 13 heavy (non-hydrogen) atoms. The van der Waals surface area contributed by atoms with Gasteiger partial charge in [-0.25, -0.2) is 9.97 Å². The molecule has 0 radical (unpaired) electrons. The maximum Gasteiger partial charge on any atom is 0.325 e. The van der Waals surface area contributed by atoms with E-state index in [0.29, 0.717) is 0 Å². The molecule has 0 aliphatic heterocycles. The van der Waals surface area contributed by atoms with Gasteiger partial charge in [-0.1, -0.05) is 0 Å². The van der Waals surface area contributed by atoms with Gasteiger partial charge in [0.25, 0.3) is 0 Å². The van der Waals surface area contributed by atoms with Crippen LogP contribution in [0.25, 0.3) is 0 Å². The maximum absolute atomic E-state index is 10.4. The number of carbonyl (C=O) groups is 1. The lowest BCUT2D eigenvalue weighted by Gasteiger charge is -2.07. The topological polar surface area (TPSA) is 88.0 Å². The van der Waals surface area contributed by atoms with Crippen molar-refractivity contribution in [2.75, 3.05) is 5.32 Å². The van der Waals surface area contributed by atoms with Gasteiger partial charge in [-0.2, -0.15) is 4.98 Å². The number of carboxylic acids is 1.